The maximum atomic E-state index is 13.8. The van der Waals surface area contributed by atoms with Gasteiger partial charge < -0.3 is 10.3 Å². The van der Waals surface area contributed by atoms with Gasteiger partial charge in [0, 0.05) is 23.0 Å². The predicted molar refractivity (Wildman–Crippen MR) is 112 cm³/mol. The summed E-state index contributed by atoms with van der Waals surface area (Å²) in [7, 11) is 0. The Bertz CT molecular complexity index is 1490. The lowest BCUT2D eigenvalue weighted by atomic mass is 10.1. The molecular formula is C20H12ClF3N8O. The molecule has 166 valence electrons. The number of halogens is 4. The van der Waals surface area contributed by atoms with Crippen molar-refractivity contribution in [2.45, 2.75) is 13.1 Å². The third-order valence-electron chi connectivity index (χ3n) is 4.80. The van der Waals surface area contributed by atoms with Crippen molar-refractivity contribution in [2.75, 3.05) is 5.73 Å². The number of fused-ring (bicyclic) bond motifs is 1. The number of nitrogens with two attached hydrogens (primary N) is 1. The number of anilines is 1. The molecule has 0 aliphatic heterocycles. The lowest BCUT2D eigenvalue weighted by molar-refractivity contribution is -0.142. The molecule has 4 heterocycles. The van der Waals surface area contributed by atoms with E-state index in [9.17, 15) is 13.2 Å². The van der Waals surface area contributed by atoms with Gasteiger partial charge in [0.25, 0.3) is 5.89 Å². The molecule has 0 saturated heterocycles. The summed E-state index contributed by atoms with van der Waals surface area (Å²) in [4.78, 5) is 16.4. The van der Waals surface area contributed by atoms with Crippen LogP contribution in [0.2, 0.25) is 5.02 Å². The second kappa shape index (κ2) is 7.52. The molecule has 0 aliphatic carbocycles. The molecule has 1 aromatic carbocycles. The van der Waals surface area contributed by atoms with Crippen LogP contribution in [0.25, 0.3) is 39.7 Å². The van der Waals surface area contributed by atoms with Gasteiger partial charge in [-0.15, -0.1) is 0 Å². The second-order valence-electron chi connectivity index (χ2n) is 7.04. The summed E-state index contributed by atoms with van der Waals surface area (Å²) in [5.74, 6) is 0.130. The fourth-order valence-corrected chi connectivity index (χ4v) is 3.29. The first-order valence-electron chi connectivity index (χ1n) is 9.35. The van der Waals surface area contributed by atoms with E-state index in [2.05, 4.69) is 30.2 Å². The van der Waals surface area contributed by atoms with Crippen LogP contribution < -0.4 is 5.73 Å². The molecule has 5 rings (SSSR count). The van der Waals surface area contributed by atoms with E-state index in [0.717, 1.165) is 6.07 Å². The smallest absolute Gasteiger partial charge is 0.368 e. The van der Waals surface area contributed by atoms with Gasteiger partial charge in [-0.25, -0.2) is 19.5 Å². The summed E-state index contributed by atoms with van der Waals surface area (Å²) in [6.07, 6.45) is -0.713. The summed E-state index contributed by atoms with van der Waals surface area (Å²) in [5.41, 5.74) is 6.15. The fraction of sp³-hybridized carbons (Fsp3) is 0.100. The van der Waals surface area contributed by atoms with E-state index in [1.807, 2.05) is 0 Å². The van der Waals surface area contributed by atoms with E-state index in [-0.39, 0.29) is 34.6 Å². The number of aryl methyl sites for hydroxylation is 1. The fourth-order valence-electron chi connectivity index (χ4n) is 3.17. The maximum absolute atomic E-state index is 13.8. The molecule has 13 heteroatoms. The minimum atomic E-state index is -4.69. The van der Waals surface area contributed by atoms with E-state index in [1.165, 1.54) is 18.6 Å². The molecule has 0 fully saturated rings. The Labute approximate surface area is 188 Å². The summed E-state index contributed by atoms with van der Waals surface area (Å²) in [6.45, 7) is 1.75. The highest BCUT2D eigenvalue weighted by atomic mass is 35.5. The molecule has 0 spiro atoms. The molecule has 0 aliphatic rings. The molecule has 9 nitrogen and oxygen atoms in total. The van der Waals surface area contributed by atoms with Crippen molar-refractivity contribution in [3.05, 3.63) is 59.1 Å². The van der Waals surface area contributed by atoms with Gasteiger partial charge in [-0.3, -0.25) is 0 Å². The third-order valence-corrected chi connectivity index (χ3v) is 5.23. The number of nitrogen functional groups attached to an aromatic ring is 1. The zero-order valence-corrected chi connectivity index (χ0v) is 17.4. The van der Waals surface area contributed by atoms with E-state index in [4.69, 9.17) is 21.9 Å². The Morgan fingerprint density at radius 1 is 1.03 bits per heavy atom. The van der Waals surface area contributed by atoms with Gasteiger partial charge in [0.1, 0.15) is 5.56 Å². The highest BCUT2D eigenvalue weighted by Gasteiger charge is 2.36. The number of rotatable bonds is 3. The lowest BCUT2D eigenvalue weighted by Gasteiger charge is -2.12. The monoisotopic (exact) mass is 472 g/mol. The van der Waals surface area contributed by atoms with Crippen LogP contribution in [0.5, 0.6) is 0 Å². The largest absolute Gasteiger partial charge is 0.433 e. The van der Waals surface area contributed by atoms with Gasteiger partial charge in [0.05, 0.1) is 17.5 Å². The Balaban J connectivity index is 1.68. The van der Waals surface area contributed by atoms with Gasteiger partial charge in [-0.1, -0.05) is 22.8 Å². The number of aromatic nitrogens is 7. The number of nitrogens with zero attached hydrogens (tertiary/aromatic N) is 7. The van der Waals surface area contributed by atoms with Crippen LogP contribution in [0.3, 0.4) is 0 Å². The molecule has 0 unspecified atom stereocenters. The van der Waals surface area contributed by atoms with E-state index < -0.39 is 11.9 Å². The first-order chi connectivity index (χ1) is 15.7. The van der Waals surface area contributed by atoms with Crippen molar-refractivity contribution in [2.24, 2.45) is 0 Å². The van der Waals surface area contributed by atoms with E-state index >= 15 is 0 Å². The highest BCUT2D eigenvalue weighted by molar-refractivity contribution is 6.31. The summed E-state index contributed by atoms with van der Waals surface area (Å²) in [6, 6.07) is 5.78. The Morgan fingerprint density at radius 2 is 1.79 bits per heavy atom. The molecule has 0 amide bonds. The molecule has 33 heavy (non-hydrogen) atoms. The van der Waals surface area contributed by atoms with Crippen LogP contribution in [0, 0.1) is 6.92 Å². The van der Waals surface area contributed by atoms with Crippen LogP contribution in [0.1, 0.15) is 11.3 Å². The van der Waals surface area contributed by atoms with Crippen LogP contribution >= 0.6 is 11.6 Å². The molecule has 0 saturated carbocycles. The van der Waals surface area contributed by atoms with Crippen LogP contribution in [0.4, 0.5) is 19.1 Å². The Morgan fingerprint density at radius 3 is 2.48 bits per heavy atom. The lowest BCUT2D eigenvalue weighted by Crippen LogP contribution is -2.13. The highest BCUT2D eigenvalue weighted by Crippen LogP contribution is 2.35. The van der Waals surface area contributed by atoms with Gasteiger partial charge in [-0.2, -0.15) is 23.3 Å². The SMILES string of the molecule is Cc1cc(-c2cc(C(F)(F)F)n3ncc(-c4nc(-c5cnc(N)nc5)no4)c3n2)ccc1Cl. The molecular weight excluding hydrogens is 461 g/mol. The number of alkyl halides is 3. The average Bonchev–Trinajstić information content (AvgIpc) is 3.42. The first-order valence-corrected chi connectivity index (χ1v) is 9.73. The molecule has 2 N–H and O–H groups in total. The zero-order valence-electron chi connectivity index (χ0n) is 16.7. The summed E-state index contributed by atoms with van der Waals surface area (Å²) >= 11 is 6.06. The molecule has 4 aromatic heterocycles. The molecule has 0 radical (unpaired) electrons. The standard InChI is InChI=1S/C20H12ClF3N8O/c1-9-4-10(2-3-13(9)21)14-5-15(20(22,23)24)32-17(29-14)12(8-28-32)18-30-16(31-33-18)11-6-26-19(25)27-7-11/h2-8H,1H3,(H2,25,26,27). The van der Waals surface area contributed by atoms with Gasteiger partial charge in [0.2, 0.25) is 11.8 Å². The van der Waals surface area contributed by atoms with Crippen LogP contribution in [-0.4, -0.2) is 34.7 Å². The predicted octanol–water partition coefficient (Wildman–Crippen LogP) is 4.47. The quantitative estimate of drug-likeness (QED) is 0.408. The van der Waals surface area contributed by atoms with Crippen molar-refractivity contribution in [1.29, 1.82) is 0 Å². The number of hydrogen-bond donors (Lipinski definition) is 1. The van der Waals surface area contributed by atoms with Gasteiger partial charge in [-0.05, 0) is 30.7 Å². The Kier molecular flexibility index (Phi) is 4.74. The van der Waals surface area contributed by atoms with Crippen LogP contribution in [0.15, 0.2) is 47.4 Å². The van der Waals surface area contributed by atoms with Crippen molar-refractivity contribution in [3.8, 4) is 34.1 Å². The van der Waals surface area contributed by atoms with Gasteiger partial charge in [0.15, 0.2) is 11.3 Å². The van der Waals surface area contributed by atoms with E-state index in [1.54, 1.807) is 25.1 Å². The second-order valence-corrected chi connectivity index (χ2v) is 7.44. The first kappa shape index (κ1) is 20.8. The molecule has 0 atom stereocenters. The summed E-state index contributed by atoms with van der Waals surface area (Å²) < 4.78 is 47.5. The maximum Gasteiger partial charge on any atom is 0.433 e. The van der Waals surface area contributed by atoms with Crippen molar-refractivity contribution >= 4 is 23.2 Å². The van der Waals surface area contributed by atoms with E-state index in [0.29, 0.717) is 26.2 Å². The summed E-state index contributed by atoms with van der Waals surface area (Å²) in [5, 5.41) is 8.20. The van der Waals surface area contributed by atoms with Crippen molar-refractivity contribution in [1.82, 2.24) is 34.7 Å². The Hall–Kier alpha value is -4.06. The van der Waals surface area contributed by atoms with Gasteiger partial charge >= 0.3 is 6.18 Å². The van der Waals surface area contributed by atoms with Crippen LogP contribution in [-0.2, 0) is 6.18 Å². The van der Waals surface area contributed by atoms with Crippen molar-refractivity contribution < 1.29 is 17.7 Å². The third kappa shape index (κ3) is 3.74. The minimum Gasteiger partial charge on any atom is -0.368 e. The average molecular weight is 473 g/mol. The minimum absolute atomic E-state index is 0.0677. The van der Waals surface area contributed by atoms with Crippen molar-refractivity contribution in [3.63, 3.8) is 0 Å². The number of hydrogen-bond acceptors (Lipinski definition) is 8. The number of benzene rings is 1. The zero-order chi connectivity index (χ0) is 23.3. The topological polar surface area (TPSA) is 121 Å². The molecule has 0 bridgehead atoms. The molecule has 5 aromatic rings. The normalized spacial score (nSPS) is 11.9.